The van der Waals surface area contributed by atoms with E-state index in [9.17, 15) is 4.39 Å². The van der Waals surface area contributed by atoms with E-state index in [2.05, 4.69) is 61.6 Å². The highest BCUT2D eigenvalue weighted by Crippen LogP contribution is 2.33. The van der Waals surface area contributed by atoms with Crippen LogP contribution in [0.4, 0.5) is 16.2 Å². The Kier molecular flexibility index (Phi) is 10.2. The Morgan fingerprint density at radius 2 is 1.73 bits per heavy atom. The van der Waals surface area contributed by atoms with Gasteiger partial charge in [-0.05, 0) is 81.0 Å². The van der Waals surface area contributed by atoms with E-state index >= 15 is 0 Å². The normalized spacial score (nSPS) is 11.2. The van der Waals surface area contributed by atoms with Crippen molar-refractivity contribution in [1.29, 1.82) is 0 Å². The first kappa shape index (κ1) is 27.8. The summed E-state index contributed by atoms with van der Waals surface area (Å²) < 4.78 is 14.6. The molecule has 0 unspecified atom stereocenters. The number of hydrogen-bond acceptors (Lipinski definition) is 5. The topological polar surface area (TPSA) is 53.1 Å². The van der Waals surface area contributed by atoms with Crippen molar-refractivity contribution in [3.8, 4) is 11.3 Å². The summed E-state index contributed by atoms with van der Waals surface area (Å²) in [5, 5.41) is 6.56. The molecule has 0 saturated carbocycles. The van der Waals surface area contributed by atoms with Gasteiger partial charge in [-0.1, -0.05) is 63.4 Å². The maximum Gasteiger partial charge on any atom is 0.225 e. The van der Waals surface area contributed by atoms with Gasteiger partial charge in [-0.15, -0.1) is 0 Å². The van der Waals surface area contributed by atoms with Gasteiger partial charge in [0.2, 0.25) is 5.95 Å². The van der Waals surface area contributed by atoms with Crippen LogP contribution in [-0.2, 0) is 0 Å². The third-order valence-corrected chi connectivity index (χ3v) is 6.45. The van der Waals surface area contributed by atoms with Crippen LogP contribution in [0.3, 0.4) is 0 Å². The van der Waals surface area contributed by atoms with Crippen molar-refractivity contribution in [3.05, 3.63) is 89.4 Å². The minimum atomic E-state index is -0.270. The van der Waals surface area contributed by atoms with Crippen LogP contribution in [0.15, 0.2) is 55.8 Å². The van der Waals surface area contributed by atoms with E-state index in [0.717, 1.165) is 66.1 Å². The molecular weight excluding hydrogens is 461 g/mol. The fourth-order valence-electron chi connectivity index (χ4n) is 4.21. The summed E-state index contributed by atoms with van der Waals surface area (Å²) in [5.74, 6) is 0.856. The summed E-state index contributed by atoms with van der Waals surface area (Å²) >= 11 is 0. The van der Waals surface area contributed by atoms with Crippen molar-refractivity contribution >= 4 is 30.0 Å². The minimum Gasteiger partial charge on any atom is -0.354 e. The Balaban J connectivity index is 2.10. The van der Waals surface area contributed by atoms with Crippen LogP contribution in [0.25, 0.3) is 29.5 Å². The van der Waals surface area contributed by atoms with E-state index < -0.39 is 0 Å². The van der Waals surface area contributed by atoms with Gasteiger partial charge >= 0.3 is 0 Å². The molecule has 194 valence electrons. The summed E-state index contributed by atoms with van der Waals surface area (Å²) in [6.45, 7) is 19.9. The Morgan fingerprint density at radius 1 is 0.973 bits per heavy atom. The largest absolute Gasteiger partial charge is 0.354 e. The first-order valence-corrected chi connectivity index (χ1v) is 12.8. The summed E-state index contributed by atoms with van der Waals surface area (Å²) in [4.78, 5) is 12.1. The quantitative estimate of drug-likeness (QED) is 0.240. The first-order valence-electron chi connectivity index (χ1n) is 12.8. The van der Waals surface area contributed by atoms with Gasteiger partial charge in [0.25, 0.3) is 0 Å². The van der Waals surface area contributed by atoms with E-state index in [4.69, 9.17) is 9.97 Å². The number of aryl methyl sites for hydroxylation is 2. The lowest BCUT2D eigenvalue weighted by Gasteiger charge is -2.18. The summed E-state index contributed by atoms with van der Waals surface area (Å²) in [6.07, 6.45) is 8.04. The molecule has 1 heterocycles. The van der Waals surface area contributed by atoms with Crippen LogP contribution in [0.5, 0.6) is 0 Å². The molecule has 2 aromatic carbocycles. The molecule has 5 nitrogen and oxygen atoms in total. The number of rotatable bonds is 13. The Bertz CT molecular complexity index is 1240. The molecule has 0 aliphatic heterocycles. The number of aromatic nitrogens is 2. The molecule has 0 radical (unpaired) electrons. The monoisotopic (exact) mass is 499 g/mol. The maximum absolute atomic E-state index is 14.6. The van der Waals surface area contributed by atoms with Gasteiger partial charge in [0.05, 0.1) is 5.69 Å². The van der Waals surface area contributed by atoms with E-state index in [1.807, 2.05) is 31.2 Å². The van der Waals surface area contributed by atoms with Crippen molar-refractivity contribution in [1.82, 2.24) is 14.9 Å². The molecule has 37 heavy (non-hydrogen) atoms. The van der Waals surface area contributed by atoms with Crippen LogP contribution in [0.2, 0.25) is 0 Å². The highest BCUT2D eigenvalue weighted by Gasteiger charge is 2.16. The van der Waals surface area contributed by atoms with E-state index in [1.54, 1.807) is 18.3 Å². The van der Waals surface area contributed by atoms with Crippen molar-refractivity contribution in [2.75, 3.05) is 36.8 Å². The van der Waals surface area contributed by atoms with Gasteiger partial charge in [0, 0.05) is 23.2 Å². The second kappa shape index (κ2) is 13.5. The molecule has 0 spiro atoms. The second-order valence-electron chi connectivity index (χ2n) is 8.90. The zero-order chi connectivity index (χ0) is 26.8. The molecule has 2 N–H and O–H groups in total. The highest BCUT2D eigenvalue weighted by atomic mass is 19.1. The molecule has 0 amide bonds. The molecule has 0 saturated heterocycles. The Hall–Kier alpha value is -3.77. The van der Waals surface area contributed by atoms with Gasteiger partial charge in [-0.2, -0.15) is 4.98 Å². The van der Waals surface area contributed by atoms with E-state index in [0.29, 0.717) is 17.3 Å². The van der Waals surface area contributed by atoms with Crippen molar-refractivity contribution in [3.63, 3.8) is 0 Å². The van der Waals surface area contributed by atoms with Crippen LogP contribution < -0.4 is 10.6 Å². The lowest BCUT2D eigenvalue weighted by Crippen LogP contribution is -2.25. The number of nitrogens with one attached hydrogen (secondary N) is 2. The summed E-state index contributed by atoms with van der Waals surface area (Å²) in [7, 11) is 0. The molecule has 3 aromatic rings. The molecule has 0 aliphatic carbocycles. The average molecular weight is 500 g/mol. The smallest absolute Gasteiger partial charge is 0.225 e. The van der Waals surface area contributed by atoms with Crippen LogP contribution in [0, 0.1) is 19.7 Å². The van der Waals surface area contributed by atoms with Crippen LogP contribution >= 0.6 is 0 Å². The molecule has 0 aliphatic rings. The van der Waals surface area contributed by atoms with Gasteiger partial charge in [0.15, 0.2) is 0 Å². The predicted octanol–water partition coefficient (Wildman–Crippen LogP) is 7.41. The van der Waals surface area contributed by atoms with E-state index in [1.165, 1.54) is 6.07 Å². The number of anilines is 2. The standard InChI is InChI=1S/C31H38FN5/c1-7-24-16-15-23(6)27(21-24)29-26(18-17-25-22(5)13-11-14-28(25)32)30(33-8-2)36-31(35-29)34-19-12-20-37(9-3)10-4/h7-8,11,13-18,21H,1-2,9-10,12,19-20H2,3-6H3,(H2,33,34,35,36). The SMILES string of the molecule is C=CNc1nc(NCCCN(CC)CC)nc(-c2cc(C=C)ccc2C)c1C=Cc1c(C)cccc1F. The maximum atomic E-state index is 14.6. The van der Waals surface area contributed by atoms with Gasteiger partial charge in [0.1, 0.15) is 11.6 Å². The fraction of sp³-hybridized carbons (Fsp3) is 0.290. The second-order valence-corrected chi connectivity index (χ2v) is 8.90. The third kappa shape index (κ3) is 7.14. The molecular formula is C31H38FN5. The zero-order valence-electron chi connectivity index (χ0n) is 22.4. The molecule has 3 rings (SSSR count). The lowest BCUT2D eigenvalue weighted by molar-refractivity contribution is 0.303. The first-order chi connectivity index (χ1) is 17.9. The molecule has 0 fully saturated rings. The van der Waals surface area contributed by atoms with Crippen molar-refractivity contribution in [2.24, 2.45) is 0 Å². The number of benzene rings is 2. The minimum absolute atomic E-state index is 0.270. The van der Waals surface area contributed by atoms with Crippen molar-refractivity contribution in [2.45, 2.75) is 34.1 Å². The van der Waals surface area contributed by atoms with Gasteiger partial charge in [-0.3, -0.25) is 0 Å². The predicted molar refractivity (Wildman–Crippen MR) is 157 cm³/mol. The van der Waals surface area contributed by atoms with Gasteiger partial charge in [-0.25, -0.2) is 9.37 Å². The average Bonchev–Trinajstić information content (AvgIpc) is 2.89. The number of halogens is 1. The molecule has 1 aromatic heterocycles. The summed E-state index contributed by atoms with van der Waals surface area (Å²) in [5.41, 5.74) is 5.91. The van der Waals surface area contributed by atoms with E-state index in [-0.39, 0.29) is 5.82 Å². The number of nitrogens with zero attached hydrogens (tertiary/aromatic N) is 3. The molecule has 6 heteroatoms. The summed E-state index contributed by atoms with van der Waals surface area (Å²) in [6, 6.07) is 11.2. The van der Waals surface area contributed by atoms with Crippen LogP contribution in [0.1, 0.15) is 48.1 Å². The zero-order valence-corrected chi connectivity index (χ0v) is 22.4. The lowest BCUT2D eigenvalue weighted by atomic mass is 9.97. The highest BCUT2D eigenvalue weighted by molar-refractivity contribution is 5.87. The number of hydrogen-bond donors (Lipinski definition) is 2. The Morgan fingerprint density at radius 3 is 2.41 bits per heavy atom. The van der Waals surface area contributed by atoms with Crippen LogP contribution in [-0.4, -0.2) is 41.0 Å². The van der Waals surface area contributed by atoms with Gasteiger partial charge < -0.3 is 15.5 Å². The molecule has 0 bridgehead atoms. The third-order valence-electron chi connectivity index (χ3n) is 6.45. The fourth-order valence-corrected chi connectivity index (χ4v) is 4.21. The molecule has 0 atom stereocenters. The van der Waals surface area contributed by atoms with Crippen molar-refractivity contribution < 1.29 is 4.39 Å². The Labute approximate surface area is 220 Å².